The first-order valence-corrected chi connectivity index (χ1v) is 3.76. The smallest absolute Gasteiger partial charge is 0.0899 e. The van der Waals surface area contributed by atoms with E-state index in [2.05, 4.69) is 0 Å². The van der Waals surface area contributed by atoms with Crippen LogP contribution in [-0.2, 0) is 9.47 Å². The fourth-order valence-electron chi connectivity index (χ4n) is 2.88. The van der Waals surface area contributed by atoms with E-state index < -0.39 is 0 Å². The van der Waals surface area contributed by atoms with Gasteiger partial charge in [0, 0.05) is 11.8 Å². The molecule has 2 saturated heterocycles. The molecule has 2 unspecified atom stereocenters. The topological polar surface area (TPSA) is 25.1 Å². The molecular weight excluding hydrogens is 116 g/mol. The zero-order chi connectivity index (χ0) is 5.59. The Morgan fingerprint density at radius 2 is 1.22 bits per heavy atom. The van der Waals surface area contributed by atoms with E-state index in [4.69, 9.17) is 9.47 Å². The Morgan fingerprint density at radius 1 is 0.778 bits per heavy atom. The molecule has 4 aliphatic rings. The lowest BCUT2D eigenvalue weighted by molar-refractivity contribution is 0.161. The van der Waals surface area contributed by atoms with Gasteiger partial charge < -0.3 is 9.47 Å². The average molecular weight is 124 g/mol. The Balaban J connectivity index is 1.91. The summed E-state index contributed by atoms with van der Waals surface area (Å²) in [6, 6.07) is 0. The highest BCUT2D eigenvalue weighted by Gasteiger charge is 2.74. The molecule has 2 aliphatic carbocycles. The molecule has 2 saturated carbocycles. The Kier molecular flexibility index (Phi) is 0.379. The van der Waals surface area contributed by atoms with Gasteiger partial charge in [0.25, 0.3) is 0 Å². The van der Waals surface area contributed by atoms with Crippen LogP contribution in [0.3, 0.4) is 0 Å². The van der Waals surface area contributed by atoms with Gasteiger partial charge >= 0.3 is 0 Å². The highest BCUT2D eigenvalue weighted by Crippen LogP contribution is 2.64. The van der Waals surface area contributed by atoms with Crippen molar-refractivity contribution >= 4 is 0 Å². The monoisotopic (exact) mass is 124 g/mol. The van der Waals surface area contributed by atoms with E-state index in [9.17, 15) is 0 Å². The molecule has 0 amide bonds. The minimum atomic E-state index is 0.638. The molecule has 0 aromatic heterocycles. The number of rotatable bonds is 0. The summed E-state index contributed by atoms with van der Waals surface area (Å²) < 4.78 is 10.9. The van der Waals surface area contributed by atoms with Crippen molar-refractivity contribution in [2.24, 2.45) is 11.8 Å². The summed E-state index contributed by atoms with van der Waals surface area (Å²) in [4.78, 5) is 0. The number of ether oxygens (including phenoxy) is 2. The largest absolute Gasteiger partial charge is 0.369 e. The summed E-state index contributed by atoms with van der Waals surface area (Å²) in [5, 5.41) is 0. The fourth-order valence-corrected chi connectivity index (χ4v) is 2.88. The maximum absolute atomic E-state index is 5.46. The highest BCUT2D eigenvalue weighted by molar-refractivity contribution is 5.21. The Morgan fingerprint density at radius 3 is 1.56 bits per heavy atom. The van der Waals surface area contributed by atoms with Crippen LogP contribution in [0.25, 0.3) is 0 Å². The zero-order valence-corrected chi connectivity index (χ0v) is 4.99. The van der Waals surface area contributed by atoms with E-state index >= 15 is 0 Å². The predicted octanol–water partition coefficient (Wildman–Crippen LogP) is 0.171. The normalized spacial score (nSPS) is 80.0. The lowest BCUT2D eigenvalue weighted by atomic mass is 10.0. The molecule has 0 radical (unpaired) electrons. The summed E-state index contributed by atoms with van der Waals surface area (Å²) in [7, 11) is 0. The standard InChI is InChI=1S/C7H8O2/c1-2-4-6(8-4)3(1)7-5(2)9-7/h2-7H,1H2/t2?,3?,4-,5+,6+,7-. The van der Waals surface area contributed by atoms with Crippen molar-refractivity contribution in [3.8, 4) is 0 Å². The van der Waals surface area contributed by atoms with Crippen LogP contribution in [0.1, 0.15) is 6.42 Å². The molecule has 2 aliphatic heterocycles. The number of fused-ring (bicyclic) bond motifs is 8. The molecule has 4 rings (SSSR count). The first-order chi connectivity index (χ1) is 4.45. The van der Waals surface area contributed by atoms with Gasteiger partial charge in [0.2, 0.25) is 0 Å². The maximum Gasteiger partial charge on any atom is 0.0899 e. The lowest BCUT2D eigenvalue weighted by Gasteiger charge is -2.03. The summed E-state index contributed by atoms with van der Waals surface area (Å²) in [5.41, 5.74) is 0. The van der Waals surface area contributed by atoms with Gasteiger partial charge in [-0.15, -0.1) is 0 Å². The van der Waals surface area contributed by atoms with Crippen LogP contribution < -0.4 is 0 Å². The van der Waals surface area contributed by atoms with Crippen LogP contribution in [0.4, 0.5) is 0 Å². The van der Waals surface area contributed by atoms with Crippen LogP contribution in [-0.4, -0.2) is 24.4 Å². The van der Waals surface area contributed by atoms with Gasteiger partial charge in [-0.1, -0.05) is 0 Å². The van der Waals surface area contributed by atoms with E-state index in [0.29, 0.717) is 24.4 Å². The van der Waals surface area contributed by atoms with E-state index in [0.717, 1.165) is 11.8 Å². The van der Waals surface area contributed by atoms with Crippen molar-refractivity contribution in [1.82, 2.24) is 0 Å². The van der Waals surface area contributed by atoms with Gasteiger partial charge in [-0.3, -0.25) is 0 Å². The summed E-state index contributed by atoms with van der Waals surface area (Å²) in [6.45, 7) is 0. The molecule has 0 spiro atoms. The van der Waals surface area contributed by atoms with Gasteiger partial charge in [-0.05, 0) is 6.42 Å². The van der Waals surface area contributed by atoms with Gasteiger partial charge in [0.1, 0.15) is 0 Å². The van der Waals surface area contributed by atoms with Crippen molar-refractivity contribution in [2.75, 3.05) is 0 Å². The Labute approximate surface area is 53.1 Å². The maximum atomic E-state index is 5.46. The summed E-state index contributed by atoms with van der Waals surface area (Å²) in [5.74, 6) is 1.62. The molecule has 0 aromatic rings. The third-order valence-corrected chi connectivity index (χ3v) is 3.36. The minimum Gasteiger partial charge on any atom is -0.369 e. The van der Waals surface area contributed by atoms with Gasteiger partial charge in [0.15, 0.2) is 0 Å². The zero-order valence-electron chi connectivity index (χ0n) is 4.99. The van der Waals surface area contributed by atoms with Crippen LogP contribution in [0.15, 0.2) is 0 Å². The van der Waals surface area contributed by atoms with Crippen molar-refractivity contribution in [1.29, 1.82) is 0 Å². The number of epoxide rings is 2. The van der Waals surface area contributed by atoms with Crippen molar-refractivity contribution in [2.45, 2.75) is 30.8 Å². The van der Waals surface area contributed by atoms with Crippen molar-refractivity contribution < 1.29 is 9.47 Å². The van der Waals surface area contributed by atoms with Gasteiger partial charge in [-0.25, -0.2) is 0 Å². The van der Waals surface area contributed by atoms with Gasteiger partial charge in [-0.2, -0.15) is 0 Å². The second-order valence-corrected chi connectivity index (χ2v) is 3.69. The molecule has 2 nitrogen and oxygen atoms in total. The van der Waals surface area contributed by atoms with E-state index in [1.54, 1.807) is 0 Å². The second-order valence-electron chi connectivity index (χ2n) is 3.69. The van der Waals surface area contributed by atoms with Crippen LogP contribution in [0, 0.1) is 11.8 Å². The Hall–Kier alpha value is -0.0800. The quantitative estimate of drug-likeness (QED) is 0.430. The van der Waals surface area contributed by atoms with E-state index in [1.807, 2.05) is 0 Å². The molecule has 48 valence electrons. The first-order valence-electron chi connectivity index (χ1n) is 3.76. The summed E-state index contributed by atoms with van der Waals surface area (Å²) >= 11 is 0. The molecule has 6 atom stereocenters. The molecule has 2 heteroatoms. The molecule has 0 N–H and O–H groups in total. The molecule has 2 bridgehead atoms. The molecule has 2 heterocycles. The molecule has 4 fully saturated rings. The lowest BCUT2D eigenvalue weighted by Crippen LogP contribution is -2.14. The van der Waals surface area contributed by atoms with Crippen LogP contribution >= 0.6 is 0 Å². The third-order valence-electron chi connectivity index (χ3n) is 3.36. The van der Waals surface area contributed by atoms with E-state index in [1.165, 1.54) is 6.42 Å². The molecular formula is C7H8O2. The molecule has 0 aromatic carbocycles. The number of hydrogen-bond donors (Lipinski definition) is 0. The van der Waals surface area contributed by atoms with Crippen LogP contribution in [0.5, 0.6) is 0 Å². The SMILES string of the molecule is C1C2[C@H]3O[C@H]3C1[C@H]1O[C@@H]21. The summed E-state index contributed by atoms with van der Waals surface area (Å²) in [6.07, 6.45) is 3.96. The van der Waals surface area contributed by atoms with Crippen molar-refractivity contribution in [3.05, 3.63) is 0 Å². The Bertz CT molecular complexity index is 155. The first kappa shape index (κ1) is 3.94. The highest BCUT2D eigenvalue weighted by atomic mass is 16.6. The minimum absolute atomic E-state index is 0.638. The fraction of sp³-hybridized carbons (Fsp3) is 1.00. The van der Waals surface area contributed by atoms with Crippen LogP contribution in [0.2, 0.25) is 0 Å². The van der Waals surface area contributed by atoms with E-state index in [-0.39, 0.29) is 0 Å². The average Bonchev–Trinajstić information content (AvgIpc) is 2.74. The van der Waals surface area contributed by atoms with Crippen molar-refractivity contribution in [3.63, 3.8) is 0 Å². The predicted molar refractivity (Wildman–Crippen MR) is 28.9 cm³/mol. The third kappa shape index (κ3) is 0.272. The van der Waals surface area contributed by atoms with Gasteiger partial charge in [0.05, 0.1) is 24.4 Å². The molecule has 9 heavy (non-hydrogen) atoms. The second kappa shape index (κ2) is 0.867. The number of hydrogen-bond acceptors (Lipinski definition) is 2.